The fraction of sp³-hybridized carbons (Fsp3) is 0.350. The molecule has 27 heavy (non-hydrogen) atoms. The molecule has 0 aliphatic rings. The molecule has 0 fully saturated rings. The number of aliphatic hydroxyl groups is 1. The Balaban J connectivity index is 2.29. The maximum absolute atomic E-state index is 13.2. The number of nitrogens with zero attached hydrogens (tertiary/aromatic N) is 2. The van der Waals surface area contributed by atoms with Crippen LogP contribution in [-0.2, 0) is 20.9 Å². The second kappa shape index (κ2) is 10.1. The molecule has 2 rings (SSSR count). The summed E-state index contributed by atoms with van der Waals surface area (Å²) in [6, 6.07) is 13.7. The molecular weight excluding hydrogens is 364 g/mol. The van der Waals surface area contributed by atoms with Gasteiger partial charge in [0.25, 0.3) is 0 Å². The van der Waals surface area contributed by atoms with E-state index in [9.17, 15) is 14.7 Å². The topological polar surface area (TPSA) is 79.7 Å². The highest BCUT2D eigenvalue weighted by Crippen LogP contribution is 2.24. The summed E-state index contributed by atoms with van der Waals surface area (Å²) in [5.74, 6) is -0.921. The summed E-state index contributed by atoms with van der Waals surface area (Å²) in [5, 5.41) is 10.4. The van der Waals surface area contributed by atoms with Crippen molar-refractivity contribution in [3.63, 3.8) is 0 Å². The van der Waals surface area contributed by atoms with E-state index < -0.39 is 23.4 Å². The lowest BCUT2D eigenvalue weighted by molar-refractivity contribution is -0.157. The van der Waals surface area contributed by atoms with Crippen molar-refractivity contribution in [2.75, 3.05) is 7.11 Å². The molecule has 0 saturated heterocycles. The Morgan fingerprint density at radius 3 is 2.37 bits per heavy atom. The molecule has 6 nitrogen and oxygen atoms in total. The van der Waals surface area contributed by atoms with Gasteiger partial charge in [-0.15, -0.1) is 0 Å². The monoisotopic (exact) mass is 388 g/mol. The first-order valence-electron chi connectivity index (χ1n) is 8.62. The molecule has 1 amide bonds. The van der Waals surface area contributed by atoms with E-state index in [1.54, 1.807) is 19.2 Å². The zero-order valence-corrected chi connectivity index (χ0v) is 16.4. The van der Waals surface area contributed by atoms with Crippen LogP contribution in [0, 0.1) is 0 Å². The Hall–Kier alpha value is -2.38. The lowest BCUT2D eigenvalue weighted by Crippen LogP contribution is -2.52. The minimum absolute atomic E-state index is 0.192. The number of aliphatic hydroxyl groups excluding tert-OH is 1. The molecule has 0 unspecified atom stereocenters. The van der Waals surface area contributed by atoms with E-state index in [0.29, 0.717) is 5.03 Å². The molecule has 3 atom stereocenters. The third-order valence-electron chi connectivity index (χ3n) is 4.00. The first-order valence-corrected chi connectivity index (χ1v) is 9.50. The first-order chi connectivity index (χ1) is 12.9. The summed E-state index contributed by atoms with van der Waals surface area (Å²) in [4.78, 5) is 31.1. The van der Waals surface area contributed by atoms with Crippen LogP contribution in [0.2, 0.25) is 0 Å². The highest BCUT2D eigenvalue weighted by atomic mass is 32.2. The van der Waals surface area contributed by atoms with E-state index in [1.807, 2.05) is 42.5 Å². The highest BCUT2D eigenvalue weighted by molar-refractivity contribution is 8.00. The number of hydrogen-bond donors (Lipinski definition) is 1. The van der Waals surface area contributed by atoms with E-state index in [2.05, 4.69) is 4.98 Å². The number of thioether (sulfide) groups is 1. The average Bonchev–Trinajstić information content (AvgIpc) is 2.68. The number of benzene rings is 1. The molecule has 0 aliphatic carbocycles. The van der Waals surface area contributed by atoms with Gasteiger partial charge in [0.05, 0.1) is 23.5 Å². The van der Waals surface area contributed by atoms with Crippen LogP contribution in [0.15, 0.2) is 59.8 Å². The second-order valence-electron chi connectivity index (χ2n) is 6.09. The molecule has 144 valence electrons. The molecule has 0 saturated carbocycles. The molecule has 2 aromatic rings. The molecule has 1 N–H and O–H groups in total. The highest BCUT2D eigenvalue weighted by Gasteiger charge is 2.36. The summed E-state index contributed by atoms with van der Waals surface area (Å²) in [6.45, 7) is 3.43. The molecule has 0 radical (unpaired) electrons. The van der Waals surface area contributed by atoms with Gasteiger partial charge in [0.15, 0.2) is 6.04 Å². The predicted molar refractivity (Wildman–Crippen MR) is 104 cm³/mol. The molecule has 0 aliphatic heterocycles. The van der Waals surface area contributed by atoms with Gasteiger partial charge < -0.3 is 14.7 Å². The fourth-order valence-corrected chi connectivity index (χ4v) is 3.56. The van der Waals surface area contributed by atoms with Crippen LogP contribution in [0.4, 0.5) is 0 Å². The summed E-state index contributed by atoms with van der Waals surface area (Å²) in [6.07, 6.45) is 0.589. The third kappa shape index (κ3) is 5.80. The van der Waals surface area contributed by atoms with Crippen LogP contribution < -0.4 is 0 Å². The van der Waals surface area contributed by atoms with Gasteiger partial charge in [-0.25, -0.2) is 9.78 Å². The number of amides is 1. The van der Waals surface area contributed by atoms with Crippen molar-refractivity contribution in [2.45, 2.75) is 42.8 Å². The normalized spacial score (nSPS) is 14.1. The van der Waals surface area contributed by atoms with Crippen LogP contribution >= 0.6 is 11.8 Å². The number of hydrogen-bond acceptors (Lipinski definition) is 6. The predicted octanol–water partition coefficient (Wildman–Crippen LogP) is 2.51. The van der Waals surface area contributed by atoms with Gasteiger partial charge in [-0.05, 0) is 31.5 Å². The van der Waals surface area contributed by atoms with Crippen LogP contribution in [-0.4, -0.2) is 51.4 Å². The summed E-state index contributed by atoms with van der Waals surface area (Å²) in [7, 11) is 1.24. The van der Waals surface area contributed by atoms with Crippen molar-refractivity contribution in [3.05, 3.63) is 60.3 Å². The average molecular weight is 388 g/mol. The van der Waals surface area contributed by atoms with Crippen LogP contribution in [0.1, 0.15) is 19.4 Å². The minimum Gasteiger partial charge on any atom is -0.467 e. The van der Waals surface area contributed by atoms with Crippen LogP contribution in [0.3, 0.4) is 0 Å². The number of carbonyl (C=O) groups excluding carboxylic acids is 2. The molecular formula is C20H24N2O4S. The van der Waals surface area contributed by atoms with Gasteiger partial charge in [-0.1, -0.05) is 48.2 Å². The van der Waals surface area contributed by atoms with Crippen molar-refractivity contribution >= 4 is 23.6 Å². The number of methoxy groups -OCH3 is 1. The molecule has 1 aromatic carbocycles. The van der Waals surface area contributed by atoms with Gasteiger partial charge in [-0.2, -0.15) is 0 Å². The number of pyridine rings is 1. The molecule has 7 heteroatoms. The molecule has 1 aromatic heterocycles. The molecule has 0 bridgehead atoms. The van der Waals surface area contributed by atoms with Crippen LogP contribution in [0.25, 0.3) is 0 Å². The van der Waals surface area contributed by atoms with E-state index in [-0.39, 0.29) is 12.5 Å². The van der Waals surface area contributed by atoms with Crippen molar-refractivity contribution in [1.29, 1.82) is 0 Å². The standard InChI is InChI=1S/C20H24N2O4S/c1-14(23)18(20(25)26-3)22(13-16-9-5-4-6-10-16)19(24)15(2)27-17-11-7-8-12-21-17/h4-12,14-15,18,23H,13H2,1-3H3/t14-,15+,18+/m1/s1. The second-order valence-corrected chi connectivity index (χ2v) is 7.45. The quantitative estimate of drug-likeness (QED) is 0.553. The van der Waals surface area contributed by atoms with Gasteiger partial charge in [0.2, 0.25) is 5.91 Å². The SMILES string of the molecule is COC(=O)[C@H]([C@@H](C)O)N(Cc1ccccc1)C(=O)[C@H](C)Sc1ccccn1. The van der Waals surface area contributed by atoms with E-state index in [0.717, 1.165) is 5.56 Å². The zero-order chi connectivity index (χ0) is 19.8. The van der Waals surface area contributed by atoms with Crippen molar-refractivity contribution in [1.82, 2.24) is 9.88 Å². The summed E-state index contributed by atoms with van der Waals surface area (Å²) >= 11 is 1.30. The Morgan fingerprint density at radius 1 is 1.15 bits per heavy atom. The number of carbonyl (C=O) groups is 2. The van der Waals surface area contributed by atoms with Gasteiger partial charge in [0, 0.05) is 12.7 Å². The van der Waals surface area contributed by atoms with Crippen LogP contribution in [0.5, 0.6) is 0 Å². The number of rotatable bonds is 8. The lowest BCUT2D eigenvalue weighted by Gasteiger charge is -2.33. The Labute approximate surface area is 163 Å². The maximum Gasteiger partial charge on any atom is 0.331 e. The Morgan fingerprint density at radius 2 is 1.81 bits per heavy atom. The summed E-state index contributed by atoms with van der Waals surface area (Å²) in [5.41, 5.74) is 0.857. The molecule has 0 spiro atoms. The smallest absolute Gasteiger partial charge is 0.331 e. The lowest BCUT2D eigenvalue weighted by atomic mass is 10.1. The third-order valence-corrected chi connectivity index (χ3v) is 5.04. The number of aromatic nitrogens is 1. The van der Waals surface area contributed by atoms with Gasteiger partial charge >= 0.3 is 5.97 Å². The Kier molecular flexibility index (Phi) is 7.82. The van der Waals surface area contributed by atoms with Crippen molar-refractivity contribution < 1.29 is 19.4 Å². The van der Waals surface area contributed by atoms with Crippen molar-refractivity contribution in [2.24, 2.45) is 0 Å². The summed E-state index contributed by atoms with van der Waals surface area (Å²) < 4.78 is 4.83. The van der Waals surface area contributed by atoms with E-state index in [1.165, 1.54) is 30.7 Å². The minimum atomic E-state index is -1.09. The van der Waals surface area contributed by atoms with Gasteiger partial charge in [0.1, 0.15) is 0 Å². The maximum atomic E-state index is 13.2. The van der Waals surface area contributed by atoms with E-state index in [4.69, 9.17) is 4.74 Å². The first kappa shape index (κ1) is 20.9. The number of ether oxygens (including phenoxy) is 1. The van der Waals surface area contributed by atoms with E-state index >= 15 is 0 Å². The molecule has 1 heterocycles. The van der Waals surface area contributed by atoms with Gasteiger partial charge in [-0.3, -0.25) is 4.79 Å². The van der Waals surface area contributed by atoms with Crippen molar-refractivity contribution in [3.8, 4) is 0 Å². The zero-order valence-electron chi connectivity index (χ0n) is 15.6. The Bertz CT molecular complexity index is 740. The largest absolute Gasteiger partial charge is 0.467 e. The fourth-order valence-electron chi connectivity index (χ4n) is 2.68. The number of esters is 1.